The molecular formula is C69H127NO5. The fraction of sp³-hybridized carbons (Fsp3) is 0.826. The summed E-state index contributed by atoms with van der Waals surface area (Å²) in [7, 11) is 0. The number of rotatable bonds is 61. The first-order valence-corrected chi connectivity index (χ1v) is 33.1. The predicted octanol–water partition coefficient (Wildman–Crippen LogP) is 21.1. The van der Waals surface area contributed by atoms with Gasteiger partial charge in [0.15, 0.2) is 0 Å². The highest BCUT2D eigenvalue weighted by Gasteiger charge is 2.18. The predicted molar refractivity (Wildman–Crippen MR) is 328 cm³/mol. The Morgan fingerprint density at radius 2 is 0.667 bits per heavy atom. The highest BCUT2D eigenvalue weighted by Crippen LogP contribution is 2.17. The SMILES string of the molecule is CCCCCC/C=C\C/C=C\CCCCCCCC(=O)OCCCCCCCCCCC/C=C\C/C=C\CCCCCCCCCCCCCCCCCC(=O)NC(CO)C(O)/C=C/CCCCCCCCCCC. The van der Waals surface area contributed by atoms with Crippen LogP contribution < -0.4 is 5.32 Å². The summed E-state index contributed by atoms with van der Waals surface area (Å²) in [6.45, 7) is 4.87. The van der Waals surface area contributed by atoms with Crippen LogP contribution in [0.25, 0.3) is 0 Å². The van der Waals surface area contributed by atoms with Crippen molar-refractivity contribution in [3.05, 3.63) is 60.8 Å². The van der Waals surface area contributed by atoms with Gasteiger partial charge in [-0.2, -0.15) is 0 Å². The van der Waals surface area contributed by atoms with Crippen LogP contribution in [0.4, 0.5) is 0 Å². The number of unbranched alkanes of at least 4 members (excludes halogenated alkanes) is 42. The summed E-state index contributed by atoms with van der Waals surface area (Å²) in [4.78, 5) is 24.5. The monoisotopic (exact) mass is 1050 g/mol. The third kappa shape index (κ3) is 60.6. The minimum Gasteiger partial charge on any atom is -0.466 e. The van der Waals surface area contributed by atoms with Crippen LogP contribution >= 0.6 is 0 Å². The van der Waals surface area contributed by atoms with E-state index in [0.29, 0.717) is 19.4 Å². The molecule has 6 heteroatoms. The molecule has 75 heavy (non-hydrogen) atoms. The van der Waals surface area contributed by atoms with Crippen molar-refractivity contribution < 1.29 is 24.5 Å². The van der Waals surface area contributed by atoms with Crippen LogP contribution in [0, 0.1) is 0 Å². The molecule has 0 aliphatic carbocycles. The molecule has 0 aliphatic rings. The summed E-state index contributed by atoms with van der Waals surface area (Å²) in [5.74, 6) is -0.0697. The van der Waals surface area contributed by atoms with Crippen LogP contribution in [0.2, 0.25) is 0 Å². The fourth-order valence-corrected chi connectivity index (χ4v) is 9.93. The third-order valence-corrected chi connectivity index (χ3v) is 15.0. The van der Waals surface area contributed by atoms with Crippen LogP contribution in [0.3, 0.4) is 0 Å². The number of hydrogen-bond donors (Lipinski definition) is 3. The summed E-state index contributed by atoms with van der Waals surface area (Å²) in [6.07, 6.45) is 84.3. The smallest absolute Gasteiger partial charge is 0.305 e. The Bertz CT molecular complexity index is 1300. The Kier molecular flexibility index (Phi) is 62.0. The van der Waals surface area contributed by atoms with Gasteiger partial charge < -0.3 is 20.3 Å². The normalized spacial score (nSPS) is 13.0. The van der Waals surface area contributed by atoms with E-state index in [-0.39, 0.29) is 18.5 Å². The van der Waals surface area contributed by atoms with Crippen molar-refractivity contribution in [2.24, 2.45) is 0 Å². The quantitative estimate of drug-likeness (QED) is 0.0320. The molecule has 0 saturated heterocycles. The summed E-state index contributed by atoms with van der Waals surface area (Å²) in [5.41, 5.74) is 0. The van der Waals surface area contributed by atoms with Gasteiger partial charge in [0.2, 0.25) is 5.91 Å². The molecule has 6 nitrogen and oxygen atoms in total. The van der Waals surface area contributed by atoms with Crippen molar-refractivity contribution in [2.75, 3.05) is 13.2 Å². The number of esters is 1. The van der Waals surface area contributed by atoms with E-state index in [9.17, 15) is 19.8 Å². The molecule has 3 N–H and O–H groups in total. The maximum Gasteiger partial charge on any atom is 0.305 e. The average molecular weight is 1050 g/mol. The topological polar surface area (TPSA) is 95.9 Å². The molecule has 0 heterocycles. The number of allylic oxidation sites excluding steroid dienone is 9. The molecule has 438 valence electrons. The second-order valence-electron chi connectivity index (χ2n) is 22.4. The van der Waals surface area contributed by atoms with Crippen molar-refractivity contribution in [3.63, 3.8) is 0 Å². The lowest BCUT2D eigenvalue weighted by atomic mass is 10.0. The van der Waals surface area contributed by atoms with E-state index in [1.54, 1.807) is 6.08 Å². The standard InChI is InChI=1S/C69H127NO5/c1-3-5-7-9-11-13-15-16-17-36-39-43-47-51-55-59-63-69(74)75-64-60-56-52-48-44-40-37-34-32-30-28-26-24-22-20-18-19-21-23-25-27-29-31-33-35-38-42-46-50-54-58-62-68(73)70-66(65-71)67(72)61-57-53-49-45-41-14-12-10-8-6-4-2/h13,15,17,20,22,26,28,36,57,61,66-67,71-72H,3-12,14,16,18-19,21,23-25,27,29-35,37-56,58-60,62-65H2,1-2H3,(H,70,73)/b15-13-,22-20-,28-26-,36-17-,61-57+. The molecule has 0 bridgehead atoms. The summed E-state index contributed by atoms with van der Waals surface area (Å²) in [5, 5.41) is 23.0. The number of carbonyl (C=O) groups is 2. The lowest BCUT2D eigenvalue weighted by Gasteiger charge is -2.20. The molecule has 0 aromatic carbocycles. The maximum atomic E-state index is 12.4. The van der Waals surface area contributed by atoms with Crippen LogP contribution in [0.5, 0.6) is 0 Å². The molecule has 0 rings (SSSR count). The van der Waals surface area contributed by atoms with Crippen molar-refractivity contribution >= 4 is 11.9 Å². The van der Waals surface area contributed by atoms with Crippen LogP contribution in [-0.4, -0.2) is 47.4 Å². The molecule has 0 aliphatic heterocycles. The van der Waals surface area contributed by atoms with E-state index < -0.39 is 12.1 Å². The van der Waals surface area contributed by atoms with Gasteiger partial charge in [-0.15, -0.1) is 0 Å². The van der Waals surface area contributed by atoms with Crippen molar-refractivity contribution in [1.82, 2.24) is 5.32 Å². The maximum absolute atomic E-state index is 12.4. The summed E-state index contributed by atoms with van der Waals surface area (Å²) >= 11 is 0. The summed E-state index contributed by atoms with van der Waals surface area (Å²) < 4.78 is 5.48. The number of aliphatic hydroxyl groups excluding tert-OH is 2. The number of hydrogen-bond acceptors (Lipinski definition) is 5. The number of ether oxygens (including phenoxy) is 1. The minimum absolute atomic E-state index is 0.00108. The lowest BCUT2D eigenvalue weighted by Crippen LogP contribution is -2.45. The van der Waals surface area contributed by atoms with Crippen LogP contribution in [0.15, 0.2) is 60.8 Å². The molecule has 2 atom stereocenters. The van der Waals surface area contributed by atoms with E-state index in [2.05, 4.69) is 67.8 Å². The first-order chi connectivity index (χ1) is 37.0. The molecule has 0 radical (unpaired) electrons. The van der Waals surface area contributed by atoms with Gasteiger partial charge in [-0.25, -0.2) is 0 Å². The van der Waals surface area contributed by atoms with E-state index in [4.69, 9.17) is 4.74 Å². The number of amides is 1. The van der Waals surface area contributed by atoms with E-state index >= 15 is 0 Å². The van der Waals surface area contributed by atoms with Gasteiger partial charge in [-0.1, -0.05) is 293 Å². The van der Waals surface area contributed by atoms with E-state index in [0.717, 1.165) is 57.8 Å². The van der Waals surface area contributed by atoms with Crippen molar-refractivity contribution in [2.45, 2.75) is 353 Å². The van der Waals surface area contributed by atoms with E-state index in [1.807, 2.05) is 6.08 Å². The van der Waals surface area contributed by atoms with Crippen LogP contribution in [-0.2, 0) is 14.3 Å². The van der Waals surface area contributed by atoms with Gasteiger partial charge in [0, 0.05) is 12.8 Å². The molecule has 0 aromatic rings. The van der Waals surface area contributed by atoms with Crippen molar-refractivity contribution in [3.8, 4) is 0 Å². The third-order valence-electron chi connectivity index (χ3n) is 15.0. The molecule has 0 fully saturated rings. The Morgan fingerprint density at radius 3 is 1.03 bits per heavy atom. The van der Waals surface area contributed by atoms with Crippen molar-refractivity contribution in [1.29, 1.82) is 0 Å². The second kappa shape index (κ2) is 64.1. The first-order valence-electron chi connectivity index (χ1n) is 33.1. The fourth-order valence-electron chi connectivity index (χ4n) is 9.93. The zero-order chi connectivity index (χ0) is 54.3. The zero-order valence-corrected chi connectivity index (χ0v) is 50.0. The Hall–Kier alpha value is -2.44. The Balaban J connectivity index is 3.40. The number of aliphatic hydroxyl groups is 2. The molecule has 0 spiro atoms. The Morgan fingerprint density at radius 1 is 0.373 bits per heavy atom. The molecule has 0 saturated carbocycles. The summed E-state index contributed by atoms with van der Waals surface area (Å²) in [6, 6.07) is -0.627. The van der Waals surface area contributed by atoms with Gasteiger partial charge in [0.25, 0.3) is 0 Å². The minimum atomic E-state index is -0.843. The number of nitrogens with one attached hydrogen (secondary N) is 1. The van der Waals surface area contributed by atoms with E-state index in [1.165, 1.54) is 257 Å². The Labute approximate surface area is 467 Å². The largest absolute Gasteiger partial charge is 0.466 e. The van der Waals surface area contributed by atoms with Gasteiger partial charge in [0.1, 0.15) is 0 Å². The first kappa shape index (κ1) is 72.6. The number of carbonyl (C=O) groups excluding carboxylic acids is 2. The van der Waals surface area contributed by atoms with Gasteiger partial charge >= 0.3 is 5.97 Å². The van der Waals surface area contributed by atoms with Gasteiger partial charge in [-0.05, 0) is 96.3 Å². The van der Waals surface area contributed by atoms with Crippen LogP contribution in [0.1, 0.15) is 341 Å². The molecule has 2 unspecified atom stereocenters. The molecule has 1 amide bonds. The second-order valence-corrected chi connectivity index (χ2v) is 22.4. The zero-order valence-electron chi connectivity index (χ0n) is 50.0. The highest BCUT2D eigenvalue weighted by molar-refractivity contribution is 5.76. The average Bonchev–Trinajstić information content (AvgIpc) is 3.41. The lowest BCUT2D eigenvalue weighted by molar-refractivity contribution is -0.143. The highest BCUT2D eigenvalue weighted by atomic mass is 16.5. The molecular weight excluding hydrogens is 923 g/mol. The van der Waals surface area contributed by atoms with Gasteiger partial charge in [-0.3, -0.25) is 9.59 Å². The molecule has 0 aromatic heterocycles. The van der Waals surface area contributed by atoms with Gasteiger partial charge in [0.05, 0.1) is 25.4 Å².